The van der Waals surface area contributed by atoms with Gasteiger partial charge in [-0.2, -0.15) is 0 Å². The monoisotopic (exact) mass is 1080 g/mol. The van der Waals surface area contributed by atoms with Gasteiger partial charge < -0.3 is 44.9 Å². The van der Waals surface area contributed by atoms with Crippen LogP contribution in [-0.2, 0) is 46.3 Å². The fourth-order valence-electron chi connectivity index (χ4n) is 9.29. The zero-order valence-corrected chi connectivity index (χ0v) is 48.0. The molecule has 0 fully saturated rings. The summed E-state index contributed by atoms with van der Waals surface area (Å²) in [6.07, 6.45) is 5.66. The Morgan fingerprint density at radius 1 is 0.744 bits per heavy atom. The number of likely N-dealkylation sites (N-methyl/N-ethyl adjacent to an activating group) is 1. The maximum atomic E-state index is 15.3. The number of benzene rings is 3. The lowest BCUT2D eigenvalue weighted by atomic mass is 9.87. The van der Waals surface area contributed by atoms with Crippen molar-refractivity contribution < 1.29 is 62.4 Å². The summed E-state index contributed by atoms with van der Waals surface area (Å²) in [5.74, 6) is -5.05. The van der Waals surface area contributed by atoms with Crippen molar-refractivity contribution in [3.8, 4) is 22.6 Å². The second-order valence-electron chi connectivity index (χ2n) is 22.5. The Labute approximate surface area is 461 Å². The van der Waals surface area contributed by atoms with Gasteiger partial charge in [0, 0.05) is 61.4 Å². The highest BCUT2D eigenvalue weighted by molar-refractivity contribution is 6.01. The number of hydrogen-bond donors (Lipinski definition) is 4. The minimum absolute atomic E-state index is 0.00561. The molecule has 4 rings (SSSR count). The number of carbonyl (C=O) groups is 8. The quantitative estimate of drug-likeness (QED) is 0.0433. The first kappa shape index (κ1) is 63.8. The Morgan fingerprint density at radius 3 is 1.99 bits per heavy atom. The second-order valence-corrected chi connectivity index (χ2v) is 22.5. The molecule has 78 heavy (non-hydrogen) atoms. The number of fused-ring (bicyclic) bond motifs is 5. The van der Waals surface area contributed by atoms with E-state index in [-0.39, 0.29) is 57.6 Å². The van der Waals surface area contributed by atoms with Crippen molar-refractivity contribution in [1.29, 1.82) is 0 Å². The lowest BCUT2D eigenvalue weighted by molar-refractivity contribution is -0.142. The molecular formula is C61H86N4O13. The van der Waals surface area contributed by atoms with Gasteiger partial charge in [0.1, 0.15) is 35.3 Å². The molecule has 428 valence electrons. The largest absolute Gasteiger partial charge is 0.493 e. The molecule has 0 aliphatic carbocycles. The number of carbonyl (C=O) groups excluding carboxylic acids is 7. The van der Waals surface area contributed by atoms with Crippen LogP contribution in [0.4, 0.5) is 9.59 Å². The zero-order valence-electron chi connectivity index (χ0n) is 48.0. The number of amides is 4. The maximum Gasteiger partial charge on any atom is 0.407 e. The highest BCUT2D eigenvalue weighted by atomic mass is 16.6. The van der Waals surface area contributed by atoms with E-state index >= 15 is 9.59 Å². The average Bonchev–Trinajstić information content (AvgIpc) is 3.41. The third-order valence-corrected chi connectivity index (χ3v) is 13.2. The molecule has 0 unspecified atom stereocenters. The van der Waals surface area contributed by atoms with Crippen LogP contribution in [0.25, 0.3) is 11.1 Å². The summed E-state index contributed by atoms with van der Waals surface area (Å²) in [5, 5.41) is 17.7. The molecule has 17 nitrogen and oxygen atoms in total. The van der Waals surface area contributed by atoms with Crippen molar-refractivity contribution in [3.05, 3.63) is 82.4 Å². The van der Waals surface area contributed by atoms with Gasteiger partial charge in [0.25, 0.3) is 0 Å². The number of carboxylic acid groups (broad SMARTS) is 1. The highest BCUT2D eigenvalue weighted by Gasteiger charge is 2.37. The number of nitrogens with one attached hydrogen (secondary N) is 3. The van der Waals surface area contributed by atoms with Crippen molar-refractivity contribution in [2.24, 2.45) is 11.8 Å². The highest BCUT2D eigenvalue weighted by Crippen LogP contribution is 2.41. The number of aryl methyl sites for hydroxylation is 2. The number of ketones is 3. The van der Waals surface area contributed by atoms with Gasteiger partial charge in [0.15, 0.2) is 17.3 Å². The normalized spacial score (nSPS) is 16.2. The first-order chi connectivity index (χ1) is 36.8. The molecule has 4 bridgehead atoms. The molecule has 4 amide bonds. The third-order valence-electron chi connectivity index (χ3n) is 13.2. The number of unbranched alkanes of at least 4 members (excludes halogenated alkanes) is 5. The predicted octanol–water partition coefficient (Wildman–Crippen LogP) is 10.6. The van der Waals surface area contributed by atoms with E-state index in [1.807, 2.05) is 26.0 Å². The molecule has 0 saturated carbocycles. The van der Waals surface area contributed by atoms with Crippen LogP contribution in [0.2, 0.25) is 0 Å². The first-order valence-corrected chi connectivity index (χ1v) is 27.7. The van der Waals surface area contributed by atoms with Crippen molar-refractivity contribution >= 4 is 47.3 Å². The molecule has 1 aliphatic rings. The summed E-state index contributed by atoms with van der Waals surface area (Å²) >= 11 is 0. The van der Waals surface area contributed by atoms with Gasteiger partial charge in [0.05, 0.1) is 25.6 Å². The summed E-state index contributed by atoms with van der Waals surface area (Å²) in [6.45, 7) is 18.3. The van der Waals surface area contributed by atoms with Gasteiger partial charge >= 0.3 is 18.2 Å². The molecule has 3 aromatic rings. The Bertz CT molecular complexity index is 2560. The number of Topliss-reactive ketones (excluding diaryl/α,β-unsaturated/α-hetero) is 3. The van der Waals surface area contributed by atoms with Crippen molar-refractivity contribution in [1.82, 2.24) is 20.9 Å². The second kappa shape index (κ2) is 30.4. The molecule has 4 atom stereocenters. The summed E-state index contributed by atoms with van der Waals surface area (Å²) in [7, 11) is 1.48. The number of carboxylic acids is 1. The summed E-state index contributed by atoms with van der Waals surface area (Å²) < 4.78 is 23.5. The van der Waals surface area contributed by atoms with Crippen LogP contribution in [0, 0.1) is 18.8 Å². The van der Waals surface area contributed by atoms with Crippen LogP contribution in [0.15, 0.2) is 54.6 Å². The number of ether oxygens (including phenoxy) is 4. The lowest BCUT2D eigenvalue weighted by Crippen LogP contribution is -2.46. The summed E-state index contributed by atoms with van der Waals surface area (Å²) in [4.78, 5) is 111. The smallest absolute Gasteiger partial charge is 0.407 e. The zero-order chi connectivity index (χ0) is 57.7. The summed E-state index contributed by atoms with van der Waals surface area (Å²) in [5.41, 5.74) is 2.68. The van der Waals surface area contributed by atoms with E-state index in [1.165, 1.54) is 44.6 Å². The third kappa shape index (κ3) is 20.9. The number of aliphatic carboxylic acids is 1. The Balaban J connectivity index is 1.84. The van der Waals surface area contributed by atoms with Crippen LogP contribution in [-0.4, -0.2) is 108 Å². The number of alkyl carbamates (subject to hydrolysis) is 2. The SMILES string of the molecule is CCCCCCCCc1ccc(C(=O)C[C@@H](CCNC(=O)OC(C)(C)C)C(=O)N(C)[C@@H]2C(=O)C[C@@H](C)C(=O)N[C@H](C(=O)CCC(=O)O)Cc3ccc(OCCNC(=O)OC(C)(C)C)c(c3)-c3cc2ccc3OCCC)c(C)c1. The van der Waals surface area contributed by atoms with E-state index in [1.54, 1.807) is 84.0 Å². The molecule has 0 aromatic heterocycles. The van der Waals surface area contributed by atoms with Crippen molar-refractivity contribution in [3.63, 3.8) is 0 Å². The van der Waals surface area contributed by atoms with Crippen LogP contribution in [0.3, 0.4) is 0 Å². The Hall–Kier alpha value is -6.78. The van der Waals surface area contributed by atoms with Crippen LogP contribution < -0.4 is 25.4 Å². The number of rotatable bonds is 26. The molecule has 3 aromatic carbocycles. The molecule has 4 N–H and O–H groups in total. The van der Waals surface area contributed by atoms with E-state index in [0.29, 0.717) is 52.3 Å². The van der Waals surface area contributed by atoms with Crippen molar-refractivity contribution in [2.75, 3.05) is 33.4 Å². The van der Waals surface area contributed by atoms with Gasteiger partial charge in [-0.15, -0.1) is 0 Å². The topological polar surface area (TPSA) is 233 Å². The number of hydrogen-bond acceptors (Lipinski definition) is 12. The van der Waals surface area contributed by atoms with Gasteiger partial charge in [-0.1, -0.05) is 83.2 Å². The van der Waals surface area contributed by atoms with Gasteiger partial charge in [-0.25, -0.2) is 9.59 Å². The van der Waals surface area contributed by atoms with E-state index in [4.69, 9.17) is 18.9 Å². The fourth-order valence-corrected chi connectivity index (χ4v) is 9.29. The molecule has 17 heteroatoms. The molecule has 0 spiro atoms. The van der Waals surface area contributed by atoms with E-state index in [0.717, 1.165) is 30.4 Å². The van der Waals surface area contributed by atoms with Gasteiger partial charge in [-0.3, -0.25) is 28.8 Å². The predicted molar refractivity (Wildman–Crippen MR) is 299 cm³/mol. The summed E-state index contributed by atoms with van der Waals surface area (Å²) in [6, 6.07) is 13.5. The van der Waals surface area contributed by atoms with Crippen LogP contribution in [0.1, 0.15) is 178 Å². The average molecular weight is 1080 g/mol. The molecule has 1 aliphatic heterocycles. The minimum Gasteiger partial charge on any atom is -0.493 e. The number of nitrogens with zero attached hydrogens (tertiary/aromatic N) is 1. The molecule has 0 saturated heterocycles. The first-order valence-electron chi connectivity index (χ1n) is 27.7. The van der Waals surface area contributed by atoms with E-state index in [2.05, 4.69) is 22.9 Å². The van der Waals surface area contributed by atoms with Gasteiger partial charge in [0.2, 0.25) is 11.8 Å². The Kier molecular flexibility index (Phi) is 24.8. The Morgan fingerprint density at radius 2 is 1.36 bits per heavy atom. The van der Waals surface area contributed by atoms with E-state index in [9.17, 15) is 33.9 Å². The standard InChI is InChI=1S/C61H86N4O13/c1-12-14-15-16-17-18-19-41-20-23-45(39(3)33-41)50(67)38-44(28-29-62-58(73)77-60(5,6)7)57(72)65(11)55-43-22-26-53(75-31-13-2)47(37-43)46-35-42(21-25-52(46)76-32-30-63-59(74)78-61(8,9)10)36-48(49(66)24-27-54(69)70)64-56(71)40(4)34-51(55)68/h20-23,25-26,33,35,37,40,44,48,55H,12-19,24,27-32,34,36,38H2,1-11H3,(H,62,73)(H,63,74)(H,64,71)(H,69,70)/t40-,44-,48+,55+/m1/s1. The molecule has 0 radical (unpaired) electrons. The van der Waals surface area contributed by atoms with Gasteiger partial charge in [-0.05, 0) is 127 Å². The van der Waals surface area contributed by atoms with Crippen LogP contribution >= 0.6 is 0 Å². The van der Waals surface area contributed by atoms with Crippen LogP contribution in [0.5, 0.6) is 11.5 Å². The molecular weight excluding hydrogens is 997 g/mol. The minimum atomic E-state index is -1.34. The lowest BCUT2D eigenvalue weighted by Gasteiger charge is -2.32. The maximum absolute atomic E-state index is 15.3. The van der Waals surface area contributed by atoms with E-state index < -0.39 is 83.1 Å². The van der Waals surface area contributed by atoms with Crippen molar-refractivity contribution in [2.45, 2.75) is 182 Å². The fraction of sp³-hybridized carbons (Fsp3) is 0.574. The molecule has 1 heterocycles.